The number of rotatable bonds is 3. The van der Waals surface area contributed by atoms with Crippen molar-refractivity contribution < 1.29 is 18.3 Å². The number of hydrazone groups is 1. The van der Waals surface area contributed by atoms with Crippen LogP contribution < -0.4 is 10.5 Å². The van der Waals surface area contributed by atoms with Gasteiger partial charge in [-0.05, 0) is 31.2 Å². The molecule has 8 heteroatoms. The van der Waals surface area contributed by atoms with Crippen molar-refractivity contribution in [3.63, 3.8) is 0 Å². The molecular formula is C20H19F2N3O2S. The van der Waals surface area contributed by atoms with Crippen LogP contribution in [-0.2, 0) is 9.67 Å². The summed E-state index contributed by atoms with van der Waals surface area (Å²) in [7, 11) is 0. The highest BCUT2D eigenvalue weighted by atomic mass is 32.2. The van der Waals surface area contributed by atoms with Crippen molar-refractivity contribution in [3.8, 4) is 5.75 Å². The minimum absolute atomic E-state index is 0.147. The second-order valence-corrected chi connectivity index (χ2v) is 7.95. The van der Waals surface area contributed by atoms with E-state index in [4.69, 9.17) is 10.5 Å². The van der Waals surface area contributed by atoms with Crippen LogP contribution in [0.4, 0.5) is 8.78 Å². The van der Waals surface area contributed by atoms with Gasteiger partial charge in [-0.15, -0.1) is 0 Å². The van der Waals surface area contributed by atoms with Crippen LogP contribution in [0.25, 0.3) is 0 Å². The monoisotopic (exact) mass is 403 g/mol. The lowest BCUT2D eigenvalue weighted by Crippen LogP contribution is -2.51. The Labute approximate surface area is 165 Å². The molecule has 28 heavy (non-hydrogen) atoms. The fourth-order valence-corrected chi connectivity index (χ4v) is 5.35. The SMILES string of the molecule is CC(=O)N1N=C(c2ccc(F)cc2F)SC12c1ccccc1OCC2CCN. The molecule has 0 aliphatic carbocycles. The van der Waals surface area contributed by atoms with E-state index >= 15 is 0 Å². The largest absolute Gasteiger partial charge is 0.493 e. The molecule has 2 N–H and O–H groups in total. The molecule has 2 aromatic carbocycles. The third-order valence-electron chi connectivity index (χ3n) is 5.00. The lowest BCUT2D eigenvalue weighted by atomic mass is 9.86. The van der Waals surface area contributed by atoms with Crippen LogP contribution in [-0.4, -0.2) is 29.1 Å². The molecule has 0 fully saturated rings. The molecule has 2 aromatic rings. The number of amides is 1. The number of benzene rings is 2. The van der Waals surface area contributed by atoms with Crippen molar-refractivity contribution in [2.75, 3.05) is 13.2 Å². The van der Waals surface area contributed by atoms with Gasteiger partial charge in [-0.25, -0.2) is 13.8 Å². The van der Waals surface area contributed by atoms with Gasteiger partial charge in [-0.2, -0.15) is 5.10 Å². The summed E-state index contributed by atoms with van der Waals surface area (Å²) < 4.78 is 33.7. The number of thioether (sulfide) groups is 1. The standard InChI is InChI=1S/C20H19F2N3O2S/c1-12(26)25-20(28-19(24-25)15-7-6-14(21)10-17(15)22)13(8-9-23)11-27-18-5-3-2-4-16(18)20/h2-7,10,13H,8-9,11,23H2,1H3. The topological polar surface area (TPSA) is 67.9 Å². The molecule has 5 nitrogen and oxygen atoms in total. The van der Waals surface area contributed by atoms with Crippen LogP contribution in [0.2, 0.25) is 0 Å². The number of nitrogens with zero attached hydrogens (tertiary/aromatic N) is 2. The first kappa shape index (κ1) is 18.9. The Morgan fingerprint density at radius 3 is 2.86 bits per heavy atom. The van der Waals surface area contributed by atoms with E-state index in [2.05, 4.69) is 5.10 Å². The fraction of sp³-hybridized carbons (Fsp3) is 0.300. The Bertz CT molecular complexity index is 968. The van der Waals surface area contributed by atoms with Gasteiger partial charge in [0, 0.05) is 30.0 Å². The van der Waals surface area contributed by atoms with Gasteiger partial charge in [-0.1, -0.05) is 30.0 Å². The molecule has 2 heterocycles. The Hall–Kier alpha value is -2.45. The van der Waals surface area contributed by atoms with E-state index < -0.39 is 16.5 Å². The van der Waals surface area contributed by atoms with Crippen molar-refractivity contribution in [1.29, 1.82) is 0 Å². The predicted octanol–water partition coefficient (Wildman–Crippen LogP) is 3.43. The Balaban J connectivity index is 1.88. The number of hydrogen-bond acceptors (Lipinski definition) is 5. The van der Waals surface area contributed by atoms with E-state index in [0.717, 1.165) is 11.6 Å². The van der Waals surface area contributed by atoms with Gasteiger partial charge in [0.2, 0.25) is 5.91 Å². The summed E-state index contributed by atoms with van der Waals surface area (Å²) in [5.41, 5.74) is 6.78. The minimum atomic E-state index is -0.893. The highest BCUT2D eigenvalue weighted by Crippen LogP contribution is 2.57. The number of halogens is 2. The molecule has 2 aliphatic rings. The van der Waals surface area contributed by atoms with Gasteiger partial charge in [0.1, 0.15) is 22.4 Å². The second kappa shape index (κ2) is 7.18. The van der Waals surface area contributed by atoms with Crippen molar-refractivity contribution in [3.05, 3.63) is 65.2 Å². The Morgan fingerprint density at radius 1 is 1.36 bits per heavy atom. The summed E-state index contributed by atoms with van der Waals surface area (Å²) >= 11 is 1.29. The number of carbonyl (C=O) groups is 1. The number of fused-ring (bicyclic) bond motifs is 2. The Kier molecular flexibility index (Phi) is 4.84. The summed E-state index contributed by atoms with van der Waals surface area (Å²) in [6.45, 7) is 2.19. The summed E-state index contributed by atoms with van der Waals surface area (Å²) in [5, 5.41) is 6.19. The van der Waals surface area contributed by atoms with Crippen molar-refractivity contribution >= 4 is 22.7 Å². The highest BCUT2D eigenvalue weighted by Gasteiger charge is 2.56. The highest BCUT2D eigenvalue weighted by molar-refractivity contribution is 8.15. The van der Waals surface area contributed by atoms with Crippen LogP contribution in [0.5, 0.6) is 5.75 Å². The summed E-state index contributed by atoms with van der Waals surface area (Å²) in [6.07, 6.45) is 0.597. The third kappa shape index (κ3) is 2.87. The maximum absolute atomic E-state index is 14.4. The first-order valence-electron chi connectivity index (χ1n) is 8.93. The first-order valence-corrected chi connectivity index (χ1v) is 9.75. The molecule has 1 amide bonds. The number of ether oxygens (including phenoxy) is 1. The molecule has 1 spiro atoms. The van der Waals surface area contributed by atoms with E-state index in [0.29, 0.717) is 30.4 Å². The molecule has 0 aromatic heterocycles. The average molecular weight is 403 g/mol. The number of para-hydroxylation sites is 1. The van der Waals surface area contributed by atoms with Gasteiger partial charge in [0.15, 0.2) is 4.87 Å². The molecule has 0 radical (unpaired) electrons. The molecule has 4 rings (SSSR count). The van der Waals surface area contributed by atoms with Gasteiger partial charge >= 0.3 is 0 Å². The summed E-state index contributed by atoms with van der Waals surface area (Å²) in [5.74, 6) is -1.15. The minimum Gasteiger partial charge on any atom is -0.493 e. The number of nitrogens with two attached hydrogens (primary N) is 1. The molecule has 0 bridgehead atoms. The zero-order valence-electron chi connectivity index (χ0n) is 15.2. The molecule has 2 aliphatic heterocycles. The quantitative estimate of drug-likeness (QED) is 0.853. The van der Waals surface area contributed by atoms with E-state index in [1.165, 1.54) is 35.8 Å². The maximum Gasteiger partial charge on any atom is 0.241 e. The van der Waals surface area contributed by atoms with Crippen molar-refractivity contribution in [2.45, 2.75) is 18.2 Å². The van der Waals surface area contributed by atoms with E-state index in [1.54, 1.807) is 0 Å². The lowest BCUT2D eigenvalue weighted by molar-refractivity contribution is -0.134. The average Bonchev–Trinajstić information content (AvgIpc) is 3.06. The molecule has 2 unspecified atom stereocenters. The first-order chi connectivity index (χ1) is 13.5. The van der Waals surface area contributed by atoms with Crippen molar-refractivity contribution in [1.82, 2.24) is 5.01 Å². The van der Waals surface area contributed by atoms with Gasteiger partial charge in [0.25, 0.3) is 0 Å². The molecule has 0 saturated carbocycles. The molecule has 0 saturated heterocycles. The Morgan fingerprint density at radius 2 is 2.14 bits per heavy atom. The van der Waals surface area contributed by atoms with E-state index in [1.807, 2.05) is 24.3 Å². The van der Waals surface area contributed by atoms with E-state index in [9.17, 15) is 13.6 Å². The second-order valence-electron chi connectivity index (χ2n) is 6.74. The summed E-state index contributed by atoms with van der Waals surface area (Å²) in [6, 6.07) is 10.8. The zero-order valence-corrected chi connectivity index (χ0v) is 16.0. The van der Waals surface area contributed by atoms with Crippen LogP contribution in [0.1, 0.15) is 24.5 Å². The predicted molar refractivity (Wildman–Crippen MR) is 104 cm³/mol. The van der Waals surface area contributed by atoms with Crippen LogP contribution >= 0.6 is 11.8 Å². The van der Waals surface area contributed by atoms with Gasteiger partial charge in [0.05, 0.1) is 6.61 Å². The molecular weight excluding hydrogens is 384 g/mol. The smallest absolute Gasteiger partial charge is 0.241 e. The van der Waals surface area contributed by atoms with Gasteiger partial charge in [-0.3, -0.25) is 4.79 Å². The zero-order chi connectivity index (χ0) is 19.9. The molecule has 146 valence electrons. The van der Waals surface area contributed by atoms with E-state index in [-0.39, 0.29) is 17.4 Å². The van der Waals surface area contributed by atoms with Crippen molar-refractivity contribution in [2.24, 2.45) is 16.8 Å². The van der Waals surface area contributed by atoms with Crippen LogP contribution in [0, 0.1) is 17.6 Å². The number of hydrogen-bond donors (Lipinski definition) is 1. The van der Waals surface area contributed by atoms with Gasteiger partial charge < -0.3 is 10.5 Å². The maximum atomic E-state index is 14.4. The fourth-order valence-electron chi connectivity index (χ4n) is 3.77. The normalized spacial score (nSPS) is 23.4. The lowest BCUT2D eigenvalue weighted by Gasteiger charge is -2.45. The van der Waals surface area contributed by atoms with Crippen LogP contribution in [0.15, 0.2) is 47.6 Å². The molecule has 2 atom stereocenters. The third-order valence-corrected chi connectivity index (χ3v) is 6.53. The number of carbonyl (C=O) groups excluding carboxylic acids is 1. The van der Waals surface area contributed by atoms with Crippen LogP contribution in [0.3, 0.4) is 0 Å². The summed E-state index contributed by atoms with van der Waals surface area (Å²) in [4.78, 5) is 11.7.